The van der Waals surface area contributed by atoms with Crippen LogP contribution in [0.15, 0.2) is 11.6 Å². The Hall–Kier alpha value is -1.20. The minimum atomic E-state index is -0.711. The zero-order valence-corrected chi connectivity index (χ0v) is 24.0. The number of aliphatic carboxylic acids is 1. The molecular weight excluding hydrogens is 450 g/mol. The highest BCUT2D eigenvalue weighted by Gasteiger charge is 2.70. The number of aliphatic hydroxyl groups excluding tert-OH is 1. The van der Waals surface area contributed by atoms with E-state index >= 15 is 0 Å². The first-order chi connectivity index (χ1) is 16.6. The molecule has 0 aliphatic heterocycles. The Bertz CT molecular complexity index is 972. The van der Waals surface area contributed by atoms with Gasteiger partial charge in [0.25, 0.3) is 0 Å². The summed E-state index contributed by atoms with van der Waals surface area (Å²) in [5.74, 6) is 0.0603. The van der Waals surface area contributed by atoms with Crippen molar-refractivity contribution in [2.45, 2.75) is 112 Å². The fourth-order valence-electron chi connectivity index (χ4n) is 10.4. The third-order valence-corrected chi connectivity index (χ3v) is 13.1. The largest absolute Gasteiger partial charge is 0.481 e. The van der Waals surface area contributed by atoms with Crippen molar-refractivity contribution in [2.24, 2.45) is 56.0 Å². The third kappa shape index (κ3) is 3.40. The molecule has 204 valence electrons. The lowest BCUT2D eigenvalue weighted by Crippen LogP contribution is -2.66. The van der Waals surface area contributed by atoms with E-state index in [0.717, 1.165) is 51.4 Å². The molecule has 0 bridgehead atoms. The van der Waals surface area contributed by atoms with Crippen LogP contribution in [0.4, 0.5) is 0 Å². The van der Waals surface area contributed by atoms with E-state index in [9.17, 15) is 19.8 Å². The van der Waals surface area contributed by atoms with Crippen LogP contribution in [0.1, 0.15) is 106 Å². The quantitative estimate of drug-likeness (QED) is 0.410. The summed E-state index contributed by atoms with van der Waals surface area (Å²) >= 11 is 0. The number of carboxylic acid groups (broad SMARTS) is 1. The monoisotopic (exact) mass is 501 g/mol. The summed E-state index contributed by atoms with van der Waals surface area (Å²) in [5.41, 5.74) is 4.64. The molecule has 5 heteroatoms. The summed E-state index contributed by atoms with van der Waals surface area (Å²) < 4.78 is 0. The number of allylic oxidation sites excluding steroid dienone is 2. The summed E-state index contributed by atoms with van der Waals surface area (Å²) in [7, 11) is 1.50. The van der Waals surface area contributed by atoms with Crippen molar-refractivity contribution >= 4 is 11.8 Å². The van der Waals surface area contributed by atoms with Crippen molar-refractivity contribution in [2.75, 3.05) is 7.05 Å². The Kier molecular flexibility index (Phi) is 6.49. The average molecular weight is 502 g/mol. The Labute approximate surface area is 218 Å². The Balaban J connectivity index is 0.00000148. The highest BCUT2D eigenvalue weighted by Crippen LogP contribution is 2.75. The maximum absolute atomic E-state index is 14.2. The molecule has 36 heavy (non-hydrogen) atoms. The van der Waals surface area contributed by atoms with Gasteiger partial charge >= 0.3 is 5.97 Å². The van der Waals surface area contributed by atoms with Crippen LogP contribution < -0.4 is 5.73 Å². The molecule has 5 aliphatic rings. The molecule has 0 heterocycles. The van der Waals surface area contributed by atoms with E-state index in [1.165, 1.54) is 12.6 Å². The van der Waals surface area contributed by atoms with Crippen LogP contribution in [-0.2, 0) is 9.59 Å². The zero-order valence-electron chi connectivity index (χ0n) is 24.0. The van der Waals surface area contributed by atoms with Gasteiger partial charge in [0, 0.05) is 5.92 Å². The van der Waals surface area contributed by atoms with Crippen LogP contribution in [0.5, 0.6) is 0 Å². The molecule has 5 nitrogen and oxygen atoms in total. The first-order valence-corrected chi connectivity index (χ1v) is 14.3. The molecule has 5 aliphatic carbocycles. The van der Waals surface area contributed by atoms with Crippen molar-refractivity contribution in [1.29, 1.82) is 0 Å². The second-order valence-electron chi connectivity index (χ2n) is 14.9. The van der Waals surface area contributed by atoms with Crippen LogP contribution in [0.2, 0.25) is 0 Å². The molecule has 0 aromatic carbocycles. The summed E-state index contributed by atoms with van der Waals surface area (Å²) in [6, 6.07) is 0. The second kappa shape index (κ2) is 8.40. The van der Waals surface area contributed by atoms with Gasteiger partial charge in [-0.1, -0.05) is 47.1 Å². The molecule has 4 saturated carbocycles. The van der Waals surface area contributed by atoms with Crippen LogP contribution in [0, 0.1) is 50.2 Å². The predicted molar refractivity (Wildman–Crippen MR) is 143 cm³/mol. The second-order valence-corrected chi connectivity index (χ2v) is 14.9. The smallest absolute Gasteiger partial charge is 0.309 e. The van der Waals surface area contributed by atoms with E-state index in [1.807, 2.05) is 13.0 Å². The first kappa shape index (κ1) is 27.8. The Morgan fingerprint density at radius 3 is 2.14 bits per heavy atom. The van der Waals surface area contributed by atoms with E-state index in [4.69, 9.17) is 0 Å². The minimum absolute atomic E-state index is 0.0296. The van der Waals surface area contributed by atoms with Gasteiger partial charge in [-0.05, 0) is 117 Å². The van der Waals surface area contributed by atoms with Crippen molar-refractivity contribution in [1.82, 2.24) is 0 Å². The van der Waals surface area contributed by atoms with Gasteiger partial charge in [-0.15, -0.1) is 0 Å². The number of fused-ring (bicyclic) bond motifs is 7. The number of rotatable bonds is 1. The SMILES string of the molecule is CC1(C)[C@@H](O)CC[C@]2(C)[C@H]3C(=O)C=C4[C@@H]5C[C@@](C)(C(=O)O)CC[C@]5(C)CC[C@@]4(C)[C@]3(C)CC[C@@H]12.CN. The molecule has 9 atom stereocenters. The van der Waals surface area contributed by atoms with Gasteiger partial charge < -0.3 is 15.9 Å². The highest BCUT2D eigenvalue weighted by molar-refractivity contribution is 5.95. The molecule has 0 spiro atoms. The Morgan fingerprint density at radius 1 is 0.917 bits per heavy atom. The normalized spacial score (nSPS) is 51.3. The number of carbonyl (C=O) groups excluding carboxylic acids is 1. The fourth-order valence-corrected chi connectivity index (χ4v) is 10.4. The molecule has 4 fully saturated rings. The van der Waals surface area contributed by atoms with Gasteiger partial charge in [-0.3, -0.25) is 9.59 Å². The lowest BCUT2D eigenvalue weighted by molar-refractivity contribution is -0.202. The maximum Gasteiger partial charge on any atom is 0.309 e. The molecular formula is C31H51NO4. The summed E-state index contributed by atoms with van der Waals surface area (Å²) in [4.78, 5) is 26.4. The van der Waals surface area contributed by atoms with Crippen LogP contribution in [0.25, 0.3) is 0 Å². The number of aliphatic hydroxyl groups is 1. The number of nitrogens with two attached hydrogens (primary N) is 1. The van der Waals surface area contributed by atoms with E-state index in [2.05, 4.69) is 47.3 Å². The number of carboxylic acids is 1. The third-order valence-electron chi connectivity index (χ3n) is 13.1. The predicted octanol–water partition coefficient (Wildman–Crippen LogP) is 5.99. The molecule has 5 rings (SSSR count). The van der Waals surface area contributed by atoms with Gasteiger partial charge in [0.05, 0.1) is 11.5 Å². The lowest BCUT2D eigenvalue weighted by Gasteiger charge is -2.70. The summed E-state index contributed by atoms with van der Waals surface area (Å²) in [6.45, 7) is 15.8. The average Bonchev–Trinajstić information content (AvgIpc) is 2.80. The van der Waals surface area contributed by atoms with Gasteiger partial charge in [-0.25, -0.2) is 0 Å². The summed E-state index contributed by atoms with van der Waals surface area (Å²) in [5, 5.41) is 20.9. The molecule has 4 N–H and O–H groups in total. The van der Waals surface area contributed by atoms with E-state index in [0.29, 0.717) is 12.3 Å². The zero-order chi connectivity index (χ0) is 27.1. The summed E-state index contributed by atoms with van der Waals surface area (Å²) in [6.07, 6.45) is 9.95. The Morgan fingerprint density at radius 2 is 1.53 bits per heavy atom. The molecule has 0 unspecified atom stereocenters. The van der Waals surface area contributed by atoms with Crippen molar-refractivity contribution in [3.63, 3.8) is 0 Å². The van der Waals surface area contributed by atoms with Crippen LogP contribution in [-0.4, -0.2) is 35.1 Å². The molecule has 0 aromatic rings. The van der Waals surface area contributed by atoms with Crippen molar-refractivity contribution in [3.8, 4) is 0 Å². The maximum atomic E-state index is 14.2. The molecule has 0 aromatic heterocycles. The van der Waals surface area contributed by atoms with Crippen molar-refractivity contribution in [3.05, 3.63) is 11.6 Å². The topological polar surface area (TPSA) is 101 Å². The number of hydrogen-bond acceptors (Lipinski definition) is 4. The van der Waals surface area contributed by atoms with Gasteiger partial charge in [0.2, 0.25) is 0 Å². The minimum Gasteiger partial charge on any atom is -0.481 e. The number of ketones is 1. The highest BCUT2D eigenvalue weighted by atomic mass is 16.4. The van der Waals surface area contributed by atoms with Crippen molar-refractivity contribution < 1.29 is 19.8 Å². The van der Waals surface area contributed by atoms with Gasteiger partial charge in [0.15, 0.2) is 5.78 Å². The first-order valence-electron chi connectivity index (χ1n) is 14.3. The molecule has 0 radical (unpaired) electrons. The van der Waals surface area contributed by atoms with E-state index in [1.54, 1.807) is 0 Å². The van der Waals surface area contributed by atoms with Gasteiger partial charge in [0.1, 0.15) is 0 Å². The van der Waals surface area contributed by atoms with E-state index < -0.39 is 11.4 Å². The van der Waals surface area contributed by atoms with Crippen LogP contribution >= 0.6 is 0 Å². The lowest BCUT2D eigenvalue weighted by atomic mass is 9.33. The number of carbonyl (C=O) groups is 2. The standard InChI is InChI=1S/C30H46O4.CH5N/c1-25(2)21-8-11-30(7)23(28(21,5)10-9-22(25)32)20(31)16-18-19-17-27(4,24(33)34)13-12-26(19,3)14-15-29(18,30)6;1-2/h16,19,21-23,32H,8-15,17H2,1-7H3,(H,33,34);2H2,1H3/t19-,21-,22-,23+,26+,27-,28-,29+,30+;/m0./s1. The van der Waals surface area contributed by atoms with Gasteiger partial charge in [-0.2, -0.15) is 0 Å². The van der Waals surface area contributed by atoms with E-state index in [-0.39, 0.29) is 50.8 Å². The van der Waals surface area contributed by atoms with Crippen LogP contribution in [0.3, 0.4) is 0 Å². The fraction of sp³-hybridized carbons (Fsp3) is 0.871. The molecule has 0 amide bonds. The molecule has 0 saturated heterocycles. The number of hydrogen-bond donors (Lipinski definition) is 3.